The molecule has 0 spiro atoms. The number of hydrogen-bond donors (Lipinski definition) is 1. The Bertz CT molecular complexity index is 377. The van der Waals surface area contributed by atoms with Gasteiger partial charge in [0.1, 0.15) is 0 Å². The van der Waals surface area contributed by atoms with Crippen LogP contribution in [-0.4, -0.2) is 24.2 Å². The zero-order valence-electron chi connectivity index (χ0n) is 8.81. The van der Waals surface area contributed by atoms with E-state index in [1.54, 1.807) is 0 Å². The van der Waals surface area contributed by atoms with Crippen LogP contribution in [0.15, 0.2) is 5.16 Å². The van der Waals surface area contributed by atoms with Gasteiger partial charge >= 0.3 is 6.09 Å². The topological polar surface area (TPSA) is 74.5 Å². The van der Waals surface area contributed by atoms with Crippen LogP contribution in [0.4, 0.5) is 4.79 Å². The first-order chi connectivity index (χ1) is 7.67. The van der Waals surface area contributed by atoms with Crippen LogP contribution in [0.2, 0.25) is 0 Å². The summed E-state index contributed by atoms with van der Waals surface area (Å²) in [5.74, 6) is 0.317. The zero-order valence-corrected chi connectivity index (χ0v) is 9.57. The maximum absolute atomic E-state index is 10.9. The van der Waals surface area contributed by atoms with E-state index in [1.807, 2.05) is 0 Å². The summed E-state index contributed by atoms with van der Waals surface area (Å²) < 4.78 is 0. The zero-order chi connectivity index (χ0) is 11.7. The molecule has 1 amide bonds. The van der Waals surface area contributed by atoms with Gasteiger partial charge in [-0.1, -0.05) is 5.16 Å². The predicted octanol–water partition coefficient (Wildman–Crippen LogP) is 1.49. The van der Waals surface area contributed by atoms with Gasteiger partial charge in [0.2, 0.25) is 0 Å². The van der Waals surface area contributed by atoms with Crippen LogP contribution >= 0.6 is 11.6 Å². The molecule has 16 heavy (non-hydrogen) atoms. The van der Waals surface area contributed by atoms with E-state index in [2.05, 4.69) is 21.4 Å². The number of amides is 1. The predicted molar refractivity (Wildman–Crippen MR) is 57.9 cm³/mol. The number of rotatable bonds is 1. The monoisotopic (exact) mass is 241 g/mol. The third kappa shape index (κ3) is 1.74. The number of fused-ring (bicyclic) bond motifs is 2. The molecule has 2 bridgehead atoms. The molecular weight excluding hydrogens is 230 g/mol. The van der Waals surface area contributed by atoms with Crippen molar-refractivity contribution < 1.29 is 9.63 Å². The molecule has 2 aliphatic carbocycles. The standard InChI is InChI=1S/C10H12ClN3O2/c1-13-10(15)16-14-9-7-3-5(8(9)11)2-6(7)4-12/h5-8H,2-3H2,1H3,(H,13,15)/b14-9+. The second kappa shape index (κ2) is 4.30. The second-order valence-corrected chi connectivity index (χ2v) is 4.59. The summed E-state index contributed by atoms with van der Waals surface area (Å²) in [6.07, 6.45) is 1.09. The molecule has 0 radical (unpaired) electrons. The van der Waals surface area contributed by atoms with Gasteiger partial charge in [0.25, 0.3) is 0 Å². The number of carbonyl (C=O) groups excluding carboxylic acids is 1. The van der Waals surface area contributed by atoms with Crippen molar-refractivity contribution in [3.63, 3.8) is 0 Å². The van der Waals surface area contributed by atoms with Gasteiger partial charge in [-0.2, -0.15) is 5.26 Å². The fourth-order valence-corrected chi connectivity index (χ4v) is 2.90. The average molecular weight is 242 g/mol. The van der Waals surface area contributed by atoms with Crippen molar-refractivity contribution in [3.8, 4) is 6.07 Å². The van der Waals surface area contributed by atoms with Gasteiger partial charge in [0.15, 0.2) is 0 Å². The van der Waals surface area contributed by atoms with Gasteiger partial charge in [-0.3, -0.25) is 4.84 Å². The van der Waals surface area contributed by atoms with Crippen LogP contribution in [0.25, 0.3) is 0 Å². The third-order valence-corrected chi connectivity index (χ3v) is 3.86. The first-order valence-corrected chi connectivity index (χ1v) is 5.61. The van der Waals surface area contributed by atoms with Crippen molar-refractivity contribution in [2.75, 3.05) is 7.05 Å². The molecule has 0 saturated heterocycles. The van der Waals surface area contributed by atoms with E-state index in [0.29, 0.717) is 11.6 Å². The molecule has 0 aromatic carbocycles. The van der Waals surface area contributed by atoms with E-state index in [1.165, 1.54) is 7.05 Å². The highest BCUT2D eigenvalue weighted by Crippen LogP contribution is 2.48. The minimum absolute atomic E-state index is 0.0352. The van der Waals surface area contributed by atoms with E-state index in [-0.39, 0.29) is 17.2 Å². The fraction of sp³-hybridized carbons (Fsp3) is 0.700. The molecule has 2 fully saturated rings. The molecular formula is C10H12ClN3O2. The van der Waals surface area contributed by atoms with Crippen molar-refractivity contribution in [1.29, 1.82) is 5.26 Å². The van der Waals surface area contributed by atoms with Crippen LogP contribution in [0.1, 0.15) is 12.8 Å². The van der Waals surface area contributed by atoms with Crippen LogP contribution in [-0.2, 0) is 4.84 Å². The number of nitrogens with zero attached hydrogens (tertiary/aromatic N) is 2. The van der Waals surface area contributed by atoms with Crippen LogP contribution in [0, 0.1) is 29.1 Å². The molecule has 0 aromatic rings. The minimum Gasteiger partial charge on any atom is -0.323 e. The average Bonchev–Trinajstić information content (AvgIpc) is 2.84. The van der Waals surface area contributed by atoms with Crippen molar-refractivity contribution in [1.82, 2.24) is 5.32 Å². The van der Waals surface area contributed by atoms with Crippen molar-refractivity contribution in [2.24, 2.45) is 22.9 Å². The molecule has 6 heteroatoms. The van der Waals surface area contributed by atoms with Gasteiger partial charge in [-0.25, -0.2) is 4.79 Å². The van der Waals surface area contributed by atoms with E-state index in [4.69, 9.17) is 16.9 Å². The summed E-state index contributed by atoms with van der Waals surface area (Å²) in [4.78, 5) is 15.5. The Labute approximate surface area is 98.4 Å². The first-order valence-electron chi connectivity index (χ1n) is 5.17. The molecule has 86 valence electrons. The molecule has 2 saturated carbocycles. The summed E-state index contributed by atoms with van der Waals surface area (Å²) >= 11 is 6.17. The molecule has 0 aromatic heterocycles. The lowest BCUT2D eigenvalue weighted by Gasteiger charge is -2.20. The lowest BCUT2D eigenvalue weighted by molar-refractivity contribution is 0.152. The maximum atomic E-state index is 10.9. The smallest absolute Gasteiger partial charge is 0.323 e. The number of nitriles is 1. The van der Waals surface area contributed by atoms with Crippen LogP contribution < -0.4 is 5.32 Å². The highest BCUT2D eigenvalue weighted by molar-refractivity contribution is 6.33. The number of alkyl halides is 1. The van der Waals surface area contributed by atoms with Gasteiger partial charge in [-0.05, 0) is 18.8 Å². The minimum atomic E-state index is -0.618. The molecule has 0 aliphatic heterocycles. The molecule has 2 rings (SSSR count). The Kier molecular flexibility index (Phi) is 3.01. The van der Waals surface area contributed by atoms with E-state index in [9.17, 15) is 4.79 Å². The molecule has 0 heterocycles. The quantitative estimate of drug-likeness (QED) is 0.429. The van der Waals surface area contributed by atoms with Crippen molar-refractivity contribution in [2.45, 2.75) is 18.2 Å². The Morgan fingerprint density at radius 3 is 3.00 bits per heavy atom. The van der Waals surface area contributed by atoms with E-state index < -0.39 is 6.09 Å². The number of halogens is 1. The second-order valence-electron chi connectivity index (χ2n) is 4.12. The number of oxime groups is 1. The highest BCUT2D eigenvalue weighted by atomic mass is 35.5. The summed E-state index contributed by atoms with van der Waals surface area (Å²) in [7, 11) is 1.46. The summed E-state index contributed by atoms with van der Waals surface area (Å²) in [6.45, 7) is 0. The van der Waals surface area contributed by atoms with Crippen LogP contribution in [0.5, 0.6) is 0 Å². The summed E-state index contributed by atoms with van der Waals surface area (Å²) in [5.41, 5.74) is 0.646. The number of carbonyl (C=O) groups is 1. The van der Waals surface area contributed by atoms with Crippen molar-refractivity contribution >= 4 is 23.4 Å². The fourth-order valence-electron chi connectivity index (χ4n) is 2.49. The Morgan fingerprint density at radius 1 is 1.69 bits per heavy atom. The maximum Gasteiger partial charge on any atom is 0.433 e. The van der Waals surface area contributed by atoms with Crippen LogP contribution in [0.3, 0.4) is 0 Å². The van der Waals surface area contributed by atoms with Gasteiger partial charge < -0.3 is 5.32 Å². The lowest BCUT2D eigenvalue weighted by Crippen LogP contribution is -2.29. The Balaban J connectivity index is 2.10. The van der Waals surface area contributed by atoms with Gasteiger partial charge in [-0.15, -0.1) is 11.6 Å². The molecule has 1 N–H and O–H groups in total. The molecule has 4 unspecified atom stereocenters. The lowest BCUT2D eigenvalue weighted by atomic mass is 9.88. The Hall–Kier alpha value is -1.28. The van der Waals surface area contributed by atoms with E-state index in [0.717, 1.165) is 12.8 Å². The normalized spacial score (nSPS) is 38.4. The summed E-state index contributed by atoms with van der Waals surface area (Å²) in [5, 5.41) is 14.8. The number of nitrogens with one attached hydrogen (secondary N) is 1. The summed E-state index contributed by atoms with van der Waals surface area (Å²) in [6, 6.07) is 2.25. The SMILES string of the molecule is CNC(=O)O/N=C1/C(Cl)C2CC(C#N)C1C2. The largest absolute Gasteiger partial charge is 0.433 e. The van der Waals surface area contributed by atoms with E-state index >= 15 is 0 Å². The highest BCUT2D eigenvalue weighted by Gasteiger charge is 2.50. The Morgan fingerprint density at radius 2 is 2.44 bits per heavy atom. The third-order valence-electron chi connectivity index (χ3n) is 3.28. The first kappa shape index (κ1) is 11.2. The number of hydrogen-bond acceptors (Lipinski definition) is 4. The molecule has 4 atom stereocenters. The van der Waals surface area contributed by atoms with Gasteiger partial charge in [0, 0.05) is 13.0 Å². The molecule has 5 nitrogen and oxygen atoms in total. The van der Waals surface area contributed by atoms with Gasteiger partial charge in [0.05, 0.1) is 23.1 Å². The molecule has 2 aliphatic rings. The van der Waals surface area contributed by atoms with Crippen molar-refractivity contribution in [3.05, 3.63) is 0 Å².